The number of aryl methyl sites for hydroxylation is 1. The van der Waals surface area contributed by atoms with Gasteiger partial charge in [0.2, 0.25) is 5.88 Å². The summed E-state index contributed by atoms with van der Waals surface area (Å²) in [6, 6.07) is 6.25. The summed E-state index contributed by atoms with van der Waals surface area (Å²) in [5.41, 5.74) is 3.65. The van der Waals surface area contributed by atoms with Crippen molar-refractivity contribution in [2.45, 2.75) is 45.8 Å². The summed E-state index contributed by atoms with van der Waals surface area (Å²) in [5, 5.41) is 11.3. The Hall–Kier alpha value is -3.01. The Kier molecular flexibility index (Phi) is 9.59. The molecule has 0 saturated carbocycles. The lowest BCUT2D eigenvalue weighted by atomic mass is 10.1. The number of piperidine rings is 1. The van der Waals surface area contributed by atoms with Crippen LogP contribution in [0.2, 0.25) is 0 Å². The smallest absolute Gasteiger partial charge is 0.410 e. The van der Waals surface area contributed by atoms with E-state index in [0.29, 0.717) is 43.2 Å². The molecule has 0 unspecified atom stereocenters. The average Bonchev–Trinajstić information content (AvgIpc) is 2.84. The lowest BCUT2D eigenvalue weighted by Crippen LogP contribution is -2.42. The minimum atomic E-state index is -0.288. The maximum Gasteiger partial charge on any atom is 0.410 e. The van der Waals surface area contributed by atoms with Gasteiger partial charge in [0.1, 0.15) is 18.2 Å². The van der Waals surface area contributed by atoms with E-state index >= 15 is 0 Å². The van der Waals surface area contributed by atoms with Crippen molar-refractivity contribution in [3.63, 3.8) is 0 Å². The maximum absolute atomic E-state index is 12.1. The second-order valence-electron chi connectivity index (χ2n) is 8.86. The van der Waals surface area contributed by atoms with Gasteiger partial charge in [-0.2, -0.15) is 11.8 Å². The first-order valence-corrected chi connectivity index (χ1v) is 13.3. The van der Waals surface area contributed by atoms with Gasteiger partial charge in [-0.25, -0.2) is 14.8 Å². The minimum Gasteiger partial charge on any atom is -0.474 e. The number of hydrogen-bond acceptors (Lipinski definition) is 9. The van der Waals surface area contributed by atoms with Crippen LogP contribution in [-0.4, -0.2) is 78.1 Å². The summed E-state index contributed by atoms with van der Waals surface area (Å²) in [7, 11) is 2.09. The molecule has 0 aliphatic carbocycles. The largest absolute Gasteiger partial charge is 0.474 e. The highest BCUT2D eigenvalue weighted by Crippen LogP contribution is 2.29. The van der Waals surface area contributed by atoms with E-state index in [1.165, 1.54) is 12.5 Å². The Labute approximate surface area is 212 Å². The Morgan fingerprint density at radius 2 is 2.09 bits per heavy atom. The quantitative estimate of drug-likeness (QED) is 0.452. The molecule has 1 amide bonds. The molecule has 9 nitrogen and oxygen atoms in total. The molecule has 0 spiro atoms. The van der Waals surface area contributed by atoms with Crippen molar-refractivity contribution in [2.75, 3.05) is 48.9 Å². The van der Waals surface area contributed by atoms with Crippen molar-refractivity contribution in [2.24, 2.45) is 0 Å². The molecule has 2 heterocycles. The highest BCUT2D eigenvalue weighted by Gasteiger charge is 2.26. The number of likely N-dealkylation sites (tertiary alicyclic amines) is 1. The van der Waals surface area contributed by atoms with Crippen LogP contribution in [0.1, 0.15) is 37.8 Å². The van der Waals surface area contributed by atoms with E-state index in [9.17, 15) is 4.79 Å². The number of ether oxygens (including phenoxy) is 2. The number of hydrogen-bond donors (Lipinski definition) is 2. The third-order valence-electron chi connectivity index (χ3n) is 5.84. The predicted octanol–water partition coefficient (Wildman–Crippen LogP) is 4.71. The highest BCUT2D eigenvalue weighted by atomic mass is 32.2. The van der Waals surface area contributed by atoms with Gasteiger partial charge in [0, 0.05) is 62.9 Å². The van der Waals surface area contributed by atoms with Gasteiger partial charge in [-0.15, -0.1) is 0 Å². The van der Waals surface area contributed by atoms with Gasteiger partial charge in [-0.3, -0.25) is 0 Å². The molecular formula is C25H36N6O3S. The molecule has 10 heteroatoms. The van der Waals surface area contributed by atoms with Gasteiger partial charge in [-0.1, -0.05) is 0 Å². The van der Waals surface area contributed by atoms with Crippen LogP contribution in [0, 0.1) is 12.3 Å². The molecule has 1 aliphatic heterocycles. The molecule has 190 valence electrons. The number of nitrogens with one attached hydrogen (secondary N) is 2. The molecule has 1 aliphatic rings. The average molecular weight is 501 g/mol. The van der Waals surface area contributed by atoms with E-state index in [0.717, 1.165) is 29.2 Å². The number of nitrogens with zero attached hydrogens (tertiary/aromatic N) is 4. The van der Waals surface area contributed by atoms with Crippen LogP contribution in [0.5, 0.6) is 5.88 Å². The Morgan fingerprint density at radius 3 is 2.71 bits per heavy atom. The summed E-state index contributed by atoms with van der Waals surface area (Å²) in [5.74, 6) is 1.96. The predicted molar refractivity (Wildman–Crippen MR) is 143 cm³/mol. The fourth-order valence-corrected chi connectivity index (χ4v) is 4.26. The van der Waals surface area contributed by atoms with Gasteiger partial charge >= 0.3 is 6.09 Å². The third kappa shape index (κ3) is 7.24. The van der Waals surface area contributed by atoms with Gasteiger partial charge in [0.15, 0.2) is 0 Å². The van der Waals surface area contributed by atoms with Gasteiger partial charge < -0.3 is 30.0 Å². The number of aromatic nitrogens is 2. The number of amides is 1. The molecule has 3 rings (SSSR count). The number of carbonyl (C=O) groups is 1. The number of carbonyl (C=O) groups excluding carboxylic acids is 1. The van der Waals surface area contributed by atoms with Crippen molar-refractivity contribution < 1.29 is 14.3 Å². The van der Waals surface area contributed by atoms with Crippen molar-refractivity contribution in [1.82, 2.24) is 14.9 Å². The van der Waals surface area contributed by atoms with Gasteiger partial charge in [0.05, 0.1) is 11.7 Å². The molecule has 35 heavy (non-hydrogen) atoms. The lowest BCUT2D eigenvalue weighted by molar-refractivity contribution is 0.0507. The van der Waals surface area contributed by atoms with E-state index in [1.807, 2.05) is 31.7 Å². The molecule has 2 N–H and O–H groups in total. The standard InChI is InChI=1S/C25H36N6O3S/c1-17(2)33-25(32)31-10-8-20(9-11-31)34-24-21(15-26)23(27-16-28-24)29-22-7-6-19(14-18(22)3)30(4)12-13-35-5/h6-7,14-17,20,26H,8-13H2,1-5H3,(H,27,28,29). The fourth-order valence-electron chi connectivity index (χ4n) is 3.80. The normalized spacial score (nSPS) is 14.1. The number of anilines is 3. The molecule has 0 bridgehead atoms. The molecule has 1 aromatic carbocycles. The number of benzene rings is 1. The maximum atomic E-state index is 12.1. The highest BCUT2D eigenvalue weighted by molar-refractivity contribution is 7.98. The molecule has 1 fully saturated rings. The van der Waals surface area contributed by atoms with Crippen molar-refractivity contribution in [1.29, 1.82) is 5.41 Å². The zero-order chi connectivity index (χ0) is 25.4. The monoisotopic (exact) mass is 500 g/mol. The summed E-state index contributed by atoms with van der Waals surface area (Å²) in [6.07, 6.45) is 5.58. The Balaban J connectivity index is 1.67. The Bertz CT molecular complexity index is 1010. The third-order valence-corrected chi connectivity index (χ3v) is 6.43. The number of rotatable bonds is 10. The second-order valence-corrected chi connectivity index (χ2v) is 9.85. The molecule has 0 radical (unpaired) electrons. The summed E-state index contributed by atoms with van der Waals surface area (Å²) in [4.78, 5) is 24.7. The summed E-state index contributed by atoms with van der Waals surface area (Å²) >= 11 is 1.83. The summed E-state index contributed by atoms with van der Waals surface area (Å²) in [6.45, 7) is 7.83. The van der Waals surface area contributed by atoms with Crippen LogP contribution in [0.4, 0.5) is 22.0 Å². The fraction of sp³-hybridized carbons (Fsp3) is 0.520. The van der Waals surface area contributed by atoms with E-state index in [2.05, 4.69) is 52.5 Å². The SMILES string of the molecule is CSCCN(C)c1ccc(Nc2ncnc(OC3CCN(C(=O)OC(C)C)CC3)c2C=N)c(C)c1. The molecule has 2 aromatic rings. The van der Waals surface area contributed by atoms with Crippen LogP contribution < -0.4 is 15.0 Å². The van der Waals surface area contributed by atoms with Crippen molar-refractivity contribution >= 4 is 41.3 Å². The van der Waals surface area contributed by atoms with Gasteiger partial charge in [-0.05, 0) is 50.8 Å². The van der Waals surface area contributed by atoms with Crippen molar-refractivity contribution in [3.05, 3.63) is 35.7 Å². The van der Waals surface area contributed by atoms with Crippen LogP contribution >= 0.6 is 11.8 Å². The first-order valence-electron chi connectivity index (χ1n) is 11.9. The lowest BCUT2D eigenvalue weighted by Gasteiger charge is -2.32. The van der Waals surface area contributed by atoms with Crippen LogP contribution in [0.25, 0.3) is 0 Å². The molecule has 1 aromatic heterocycles. The van der Waals surface area contributed by atoms with E-state index < -0.39 is 0 Å². The molecule has 0 atom stereocenters. The minimum absolute atomic E-state index is 0.0996. The topological polar surface area (TPSA) is 104 Å². The molecular weight excluding hydrogens is 464 g/mol. The summed E-state index contributed by atoms with van der Waals surface area (Å²) < 4.78 is 11.4. The molecule has 1 saturated heterocycles. The zero-order valence-corrected chi connectivity index (χ0v) is 22.0. The number of thioether (sulfide) groups is 1. The zero-order valence-electron chi connectivity index (χ0n) is 21.2. The van der Waals surface area contributed by atoms with E-state index in [1.54, 1.807) is 4.90 Å². The first-order chi connectivity index (χ1) is 16.8. The first kappa shape index (κ1) is 26.6. The van der Waals surface area contributed by atoms with Crippen molar-refractivity contribution in [3.8, 4) is 5.88 Å². The van der Waals surface area contributed by atoms with Crippen LogP contribution in [-0.2, 0) is 4.74 Å². The second kappa shape index (κ2) is 12.6. The Morgan fingerprint density at radius 1 is 1.34 bits per heavy atom. The van der Waals surface area contributed by atoms with Crippen LogP contribution in [0.15, 0.2) is 24.5 Å². The van der Waals surface area contributed by atoms with E-state index in [4.69, 9.17) is 14.9 Å². The van der Waals surface area contributed by atoms with Gasteiger partial charge in [0.25, 0.3) is 0 Å². The van der Waals surface area contributed by atoms with Crippen LogP contribution in [0.3, 0.4) is 0 Å². The van der Waals surface area contributed by atoms with E-state index in [-0.39, 0.29) is 18.3 Å².